The minimum Gasteiger partial charge on any atom is -0.354 e. The highest BCUT2D eigenvalue weighted by Crippen LogP contribution is 2.10. The quantitative estimate of drug-likeness (QED) is 0.367. The van der Waals surface area contributed by atoms with Gasteiger partial charge in [0.15, 0.2) is 5.96 Å². The van der Waals surface area contributed by atoms with Gasteiger partial charge in [0, 0.05) is 31.2 Å². The van der Waals surface area contributed by atoms with Crippen LogP contribution in [0.2, 0.25) is 0 Å². The molecule has 1 amide bonds. The van der Waals surface area contributed by atoms with Gasteiger partial charge in [0.2, 0.25) is 5.91 Å². The smallest absolute Gasteiger partial charge is 0.226 e. The van der Waals surface area contributed by atoms with Crippen LogP contribution >= 0.6 is 24.0 Å². The SMILES string of the molecule is CCC(C)NC(=NC)NCc1ccc(NC(=O)C(C)C)cc1.I. The number of amides is 1. The Kier molecular flexibility index (Phi) is 10.6. The van der Waals surface area contributed by atoms with Gasteiger partial charge in [-0.15, -0.1) is 24.0 Å². The molecule has 0 saturated heterocycles. The molecule has 0 fully saturated rings. The number of nitrogens with one attached hydrogen (secondary N) is 3. The average Bonchev–Trinajstić information content (AvgIpc) is 2.52. The van der Waals surface area contributed by atoms with Crippen LogP contribution in [0.4, 0.5) is 5.69 Å². The number of hydrogen-bond acceptors (Lipinski definition) is 2. The number of halogens is 1. The fourth-order valence-electron chi connectivity index (χ4n) is 1.71. The van der Waals surface area contributed by atoms with E-state index in [-0.39, 0.29) is 35.8 Å². The number of guanidine groups is 1. The first kappa shape index (κ1) is 21.7. The van der Waals surface area contributed by atoms with Crippen molar-refractivity contribution in [1.29, 1.82) is 0 Å². The molecule has 1 unspecified atom stereocenters. The van der Waals surface area contributed by atoms with E-state index in [0.29, 0.717) is 12.6 Å². The van der Waals surface area contributed by atoms with E-state index >= 15 is 0 Å². The van der Waals surface area contributed by atoms with Crippen molar-refractivity contribution >= 4 is 41.5 Å². The van der Waals surface area contributed by atoms with Gasteiger partial charge in [0.25, 0.3) is 0 Å². The van der Waals surface area contributed by atoms with E-state index in [4.69, 9.17) is 0 Å². The second kappa shape index (κ2) is 11.3. The molecule has 6 heteroatoms. The molecular formula is C17H29IN4O. The highest BCUT2D eigenvalue weighted by atomic mass is 127. The lowest BCUT2D eigenvalue weighted by molar-refractivity contribution is -0.118. The van der Waals surface area contributed by atoms with E-state index in [1.54, 1.807) is 7.05 Å². The third-order valence-corrected chi connectivity index (χ3v) is 3.42. The number of rotatable bonds is 6. The van der Waals surface area contributed by atoms with E-state index in [1.165, 1.54) is 0 Å². The van der Waals surface area contributed by atoms with Crippen LogP contribution in [-0.4, -0.2) is 25.0 Å². The average molecular weight is 432 g/mol. The molecule has 1 aromatic carbocycles. The van der Waals surface area contributed by atoms with Crippen LogP contribution in [0.5, 0.6) is 0 Å². The molecule has 0 spiro atoms. The summed E-state index contributed by atoms with van der Waals surface area (Å²) in [6.07, 6.45) is 1.05. The number of carbonyl (C=O) groups is 1. The molecule has 0 saturated carbocycles. The maximum absolute atomic E-state index is 11.6. The lowest BCUT2D eigenvalue weighted by Crippen LogP contribution is -2.41. The first-order valence-electron chi connectivity index (χ1n) is 7.83. The summed E-state index contributed by atoms with van der Waals surface area (Å²) in [5.41, 5.74) is 1.96. The molecule has 0 bridgehead atoms. The van der Waals surface area contributed by atoms with E-state index in [2.05, 4.69) is 34.8 Å². The molecule has 1 rings (SSSR count). The molecule has 0 aliphatic rings. The molecule has 0 aromatic heterocycles. The summed E-state index contributed by atoms with van der Waals surface area (Å²) in [4.78, 5) is 15.8. The molecular weight excluding hydrogens is 403 g/mol. The van der Waals surface area contributed by atoms with Crippen LogP contribution in [0.3, 0.4) is 0 Å². The van der Waals surface area contributed by atoms with Crippen molar-refractivity contribution in [2.75, 3.05) is 12.4 Å². The number of hydrogen-bond donors (Lipinski definition) is 3. The van der Waals surface area contributed by atoms with Gasteiger partial charge in [-0.3, -0.25) is 9.79 Å². The zero-order chi connectivity index (χ0) is 16.5. The molecule has 0 aliphatic carbocycles. The summed E-state index contributed by atoms with van der Waals surface area (Å²) >= 11 is 0. The fraction of sp³-hybridized carbons (Fsp3) is 0.529. The third-order valence-electron chi connectivity index (χ3n) is 3.42. The van der Waals surface area contributed by atoms with Crippen molar-refractivity contribution in [2.45, 2.75) is 46.7 Å². The monoisotopic (exact) mass is 432 g/mol. The van der Waals surface area contributed by atoms with Gasteiger partial charge < -0.3 is 16.0 Å². The Morgan fingerprint density at radius 1 is 1.17 bits per heavy atom. The van der Waals surface area contributed by atoms with Crippen molar-refractivity contribution < 1.29 is 4.79 Å². The van der Waals surface area contributed by atoms with Crippen LogP contribution in [0, 0.1) is 5.92 Å². The van der Waals surface area contributed by atoms with Crippen LogP contribution in [0.25, 0.3) is 0 Å². The summed E-state index contributed by atoms with van der Waals surface area (Å²) in [6, 6.07) is 8.23. The van der Waals surface area contributed by atoms with E-state index in [0.717, 1.165) is 23.6 Å². The molecule has 5 nitrogen and oxygen atoms in total. The predicted molar refractivity (Wildman–Crippen MR) is 108 cm³/mol. The van der Waals surface area contributed by atoms with Crippen molar-refractivity contribution in [3.8, 4) is 0 Å². The van der Waals surface area contributed by atoms with Crippen molar-refractivity contribution in [3.05, 3.63) is 29.8 Å². The highest BCUT2D eigenvalue weighted by molar-refractivity contribution is 14.0. The van der Waals surface area contributed by atoms with Gasteiger partial charge in [-0.25, -0.2) is 0 Å². The predicted octanol–water partition coefficient (Wildman–Crippen LogP) is 3.36. The second-order valence-corrected chi connectivity index (χ2v) is 5.72. The Morgan fingerprint density at radius 3 is 2.26 bits per heavy atom. The van der Waals surface area contributed by atoms with E-state index in [1.807, 2.05) is 38.1 Å². The van der Waals surface area contributed by atoms with Crippen molar-refractivity contribution in [1.82, 2.24) is 10.6 Å². The number of nitrogens with zero attached hydrogens (tertiary/aromatic N) is 1. The molecule has 0 aliphatic heterocycles. The zero-order valence-electron chi connectivity index (χ0n) is 14.6. The van der Waals surface area contributed by atoms with E-state index < -0.39 is 0 Å². The summed E-state index contributed by atoms with van der Waals surface area (Å²) in [6.45, 7) is 8.70. The summed E-state index contributed by atoms with van der Waals surface area (Å²) in [7, 11) is 1.77. The lowest BCUT2D eigenvalue weighted by atomic mass is 10.1. The number of carbonyl (C=O) groups excluding carboxylic acids is 1. The van der Waals surface area contributed by atoms with Gasteiger partial charge in [0.1, 0.15) is 0 Å². The molecule has 1 aromatic rings. The van der Waals surface area contributed by atoms with Gasteiger partial charge in [0.05, 0.1) is 0 Å². The topological polar surface area (TPSA) is 65.5 Å². The summed E-state index contributed by atoms with van der Waals surface area (Å²) in [5, 5.41) is 9.48. The Hall–Kier alpha value is -1.31. The third kappa shape index (κ3) is 8.20. The van der Waals surface area contributed by atoms with Crippen molar-refractivity contribution in [3.63, 3.8) is 0 Å². The summed E-state index contributed by atoms with van der Waals surface area (Å²) < 4.78 is 0. The minimum atomic E-state index is -0.0173. The molecule has 0 radical (unpaired) electrons. The first-order chi connectivity index (χ1) is 10.5. The standard InChI is InChI=1S/C17H28N4O.HI/c1-6-13(4)20-17(18-5)19-11-14-7-9-15(10-8-14)21-16(22)12(2)3;/h7-10,12-13H,6,11H2,1-5H3,(H,21,22)(H2,18,19,20);1H. The molecule has 1 atom stereocenters. The molecule has 130 valence electrons. The Morgan fingerprint density at radius 2 is 1.78 bits per heavy atom. The van der Waals surface area contributed by atoms with Crippen LogP contribution in [0.15, 0.2) is 29.3 Å². The normalized spacial score (nSPS) is 12.3. The largest absolute Gasteiger partial charge is 0.354 e. The first-order valence-corrected chi connectivity index (χ1v) is 7.83. The maximum atomic E-state index is 11.6. The minimum absolute atomic E-state index is 0. The summed E-state index contributed by atoms with van der Waals surface area (Å²) in [5.74, 6) is 0.812. The highest BCUT2D eigenvalue weighted by Gasteiger charge is 2.07. The zero-order valence-corrected chi connectivity index (χ0v) is 17.0. The Balaban J connectivity index is 0.00000484. The molecule has 0 heterocycles. The molecule has 23 heavy (non-hydrogen) atoms. The molecule has 3 N–H and O–H groups in total. The Bertz CT molecular complexity index is 500. The van der Waals surface area contributed by atoms with Crippen LogP contribution in [-0.2, 0) is 11.3 Å². The van der Waals surface area contributed by atoms with Crippen LogP contribution < -0.4 is 16.0 Å². The number of benzene rings is 1. The number of anilines is 1. The van der Waals surface area contributed by atoms with Crippen molar-refractivity contribution in [2.24, 2.45) is 10.9 Å². The van der Waals surface area contributed by atoms with Crippen LogP contribution in [0.1, 0.15) is 39.7 Å². The second-order valence-electron chi connectivity index (χ2n) is 5.72. The van der Waals surface area contributed by atoms with Gasteiger partial charge in [-0.1, -0.05) is 32.9 Å². The van der Waals surface area contributed by atoms with Gasteiger partial charge in [-0.2, -0.15) is 0 Å². The lowest BCUT2D eigenvalue weighted by Gasteiger charge is -2.16. The Labute approximate surface area is 156 Å². The van der Waals surface area contributed by atoms with E-state index in [9.17, 15) is 4.79 Å². The number of aliphatic imine (C=N–C) groups is 1. The fourth-order valence-corrected chi connectivity index (χ4v) is 1.71. The maximum Gasteiger partial charge on any atom is 0.226 e. The van der Waals surface area contributed by atoms with Gasteiger partial charge in [-0.05, 0) is 31.0 Å². The van der Waals surface area contributed by atoms with Gasteiger partial charge >= 0.3 is 0 Å².